The number of fused-ring (bicyclic) bond motifs is 1. The van der Waals surface area contributed by atoms with Gasteiger partial charge in [-0.05, 0) is 74.3 Å². The standard InChI is InChI=1S/C28H33ClN2O/c1-20-18-28(14-15-30(20)3,23-11-6-5-7-12-23)19-27(32)31(4)21(2)26-17-24(29)16-22-10-8-9-13-25(22)26/h5-13,16-17,20-21H,14-15,18-19H2,1-4H3. The van der Waals surface area contributed by atoms with E-state index in [1.807, 2.05) is 36.2 Å². The Hall–Kier alpha value is -2.36. The summed E-state index contributed by atoms with van der Waals surface area (Å²) in [4.78, 5) is 18.0. The summed E-state index contributed by atoms with van der Waals surface area (Å²) in [6.45, 7) is 5.37. The summed E-state index contributed by atoms with van der Waals surface area (Å²) in [5.74, 6) is 0.183. The van der Waals surface area contributed by atoms with Crippen LogP contribution in [0.4, 0.5) is 0 Å². The first kappa shape index (κ1) is 22.8. The monoisotopic (exact) mass is 448 g/mol. The Morgan fingerprint density at radius 2 is 1.84 bits per heavy atom. The maximum absolute atomic E-state index is 13.7. The quantitative estimate of drug-likeness (QED) is 0.447. The molecule has 0 bridgehead atoms. The third kappa shape index (κ3) is 4.42. The first-order valence-electron chi connectivity index (χ1n) is 11.5. The van der Waals surface area contributed by atoms with E-state index < -0.39 is 0 Å². The van der Waals surface area contributed by atoms with E-state index in [2.05, 4.69) is 68.3 Å². The Labute approximate surface area is 197 Å². The van der Waals surface area contributed by atoms with Gasteiger partial charge in [-0.3, -0.25) is 4.79 Å². The average molecular weight is 449 g/mol. The van der Waals surface area contributed by atoms with Gasteiger partial charge in [-0.25, -0.2) is 0 Å². The summed E-state index contributed by atoms with van der Waals surface area (Å²) in [5.41, 5.74) is 2.24. The third-order valence-electron chi connectivity index (χ3n) is 7.54. The Balaban J connectivity index is 1.63. The van der Waals surface area contributed by atoms with E-state index in [0.717, 1.165) is 35.7 Å². The minimum absolute atomic E-state index is 0.0670. The second kappa shape index (κ2) is 9.25. The fraction of sp³-hybridized carbons (Fsp3) is 0.393. The predicted molar refractivity (Wildman–Crippen MR) is 134 cm³/mol. The van der Waals surface area contributed by atoms with Gasteiger partial charge in [0.05, 0.1) is 6.04 Å². The van der Waals surface area contributed by atoms with E-state index in [-0.39, 0.29) is 17.4 Å². The lowest BCUT2D eigenvalue weighted by atomic mass is 9.68. The molecule has 0 spiro atoms. The second-order valence-corrected chi connectivity index (χ2v) is 9.94. The number of halogens is 1. The molecular weight excluding hydrogens is 416 g/mol. The molecule has 0 saturated carbocycles. The van der Waals surface area contributed by atoms with E-state index in [4.69, 9.17) is 11.6 Å². The molecule has 4 rings (SSSR count). The van der Waals surface area contributed by atoms with Crippen LogP contribution < -0.4 is 0 Å². The van der Waals surface area contributed by atoms with Crippen LogP contribution in [0.25, 0.3) is 10.8 Å². The molecule has 1 heterocycles. The number of carbonyl (C=O) groups excluding carboxylic acids is 1. The number of likely N-dealkylation sites (tertiary alicyclic amines) is 1. The molecule has 3 unspecified atom stereocenters. The molecule has 32 heavy (non-hydrogen) atoms. The SMILES string of the molecule is CC1CC(CC(=O)N(C)C(C)c2cc(Cl)cc3ccccc23)(c2ccccc2)CCN1C. The lowest BCUT2D eigenvalue weighted by Gasteiger charge is -2.45. The number of rotatable bonds is 5. The van der Waals surface area contributed by atoms with Gasteiger partial charge < -0.3 is 9.80 Å². The van der Waals surface area contributed by atoms with Gasteiger partial charge in [0, 0.05) is 29.9 Å². The molecule has 3 nitrogen and oxygen atoms in total. The van der Waals surface area contributed by atoms with Crippen LogP contribution in [0.1, 0.15) is 50.3 Å². The molecule has 1 saturated heterocycles. The average Bonchev–Trinajstić information content (AvgIpc) is 2.80. The molecule has 0 radical (unpaired) electrons. The molecule has 1 aliphatic rings. The molecule has 3 atom stereocenters. The van der Waals surface area contributed by atoms with Gasteiger partial charge in [-0.15, -0.1) is 0 Å². The number of hydrogen-bond donors (Lipinski definition) is 0. The third-order valence-corrected chi connectivity index (χ3v) is 7.76. The molecule has 0 aromatic heterocycles. The summed E-state index contributed by atoms with van der Waals surface area (Å²) in [7, 11) is 4.11. The molecule has 168 valence electrons. The van der Waals surface area contributed by atoms with E-state index in [1.54, 1.807) is 0 Å². The zero-order valence-electron chi connectivity index (χ0n) is 19.5. The molecule has 3 aromatic rings. The van der Waals surface area contributed by atoms with Crippen molar-refractivity contribution in [3.05, 3.63) is 82.9 Å². The molecule has 4 heteroatoms. The Bertz CT molecular complexity index is 1100. The Morgan fingerprint density at radius 3 is 2.56 bits per heavy atom. The van der Waals surface area contributed by atoms with Crippen molar-refractivity contribution in [1.29, 1.82) is 0 Å². The highest BCUT2D eigenvalue weighted by molar-refractivity contribution is 6.31. The van der Waals surface area contributed by atoms with Crippen molar-refractivity contribution >= 4 is 28.3 Å². The largest absolute Gasteiger partial charge is 0.339 e. The van der Waals surface area contributed by atoms with Crippen molar-refractivity contribution in [1.82, 2.24) is 9.80 Å². The van der Waals surface area contributed by atoms with Crippen molar-refractivity contribution in [2.75, 3.05) is 20.6 Å². The topological polar surface area (TPSA) is 23.6 Å². The molecule has 1 amide bonds. The number of hydrogen-bond acceptors (Lipinski definition) is 2. The van der Waals surface area contributed by atoms with Gasteiger partial charge in [-0.1, -0.05) is 66.2 Å². The van der Waals surface area contributed by atoms with Crippen LogP contribution in [0.5, 0.6) is 0 Å². The van der Waals surface area contributed by atoms with E-state index in [0.29, 0.717) is 17.5 Å². The smallest absolute Gasteiger partial charge is 0.223 e. The van der Waals surface area contributed by atoms with Gasteiger partial charge in [0.15, 0.2) is 0 Å². The maximum Gasteiger partial charge on any atom is 0.223 e. The van der Waals surface area contributed by atoms with Gasteiger partial charge in [-0.2, -0.15) is 0 Å². The lowest BCUT2D eigenvalue weighted by molar-refractivity contribution is -0.133. The highest BCUT2D eigenvalue weighted by Crippen LogP contribution is 2.42. The zero-order valence-corrected chi connectivity index (χ0v) is 20.3. The first-order chi connectivity index (χ1) is 15.3. The summed E-state index contributed by atoms with van der Waals surface area (Å²) in [5, 5.41) is 2.96. The molecule has 3 aromatic carbocycles. The van der Waals surface area contributed by atoms with Crippen molar-refractivity contribution < 1.29 is 4.79 Å². The number of nitrogens with zero attached hydrogens (tertiary/aromatic N) is 2. The van der Waals surface area contributed by atoms with E-state index in [1.165, 1.54) is 5.56 Å². The van der Waals surface area contributed by atoms with Crippen LogP contribution in [0.3, 0.4) is 0 Å². The van der Waals surface area contributed by atoms with Crippen molar-refractivity contribution in [3.8, 4) is 0 Å². The second-order valence-electron chi connectivity index (χ2n) is 9.50. The minimum atomic E-state index is -0.130. The van der Waals surface area contributed by atoms with Crippen LogP contribution in [-0.2, 0) is 10.2 Å². The number of amides is 1. The van der Waals surface area contributed by atoms with Crippen molar-refractivity contribution in [3.63, 3.8) is 0 Å². The van der Waals surface area contributed by atoms with Gasteiger partial charge in [0.1, 0.15) is 0 Å². The fourth-order valence-electron chi connectivity index (χ4n) is 5.24. The van der Waals surface area contributed by atoms with Crippen molar-refractivity contribution in [2.24, 2.45) is 0 Å². The summed E-state index contributed by atoms with van der Waals surface area (Å²) in [6, 6.07) is 23.2. The van der Waals surface area contributed by atoms with Gasteiger partial charge >= 0.3 is 0 Å². The van der Waals surface area contributed by atoms with Crippen LogP contribution in [0, 0.1) is 0 Å². The fourth-order valence-corrected chi connectivity index (χ4v) is 5.47. The van der Waals surface area contributed by atoms with Gasteiger partial charge in [0.2, 0.25) is 5.91 Å². The normalized spacial score (nSPS) is 22.6. The minimum Gasteiger partial charge on any atom is -0.339 e. The first-order valence-corrected chi connectivity index (χ1v) is 11.9. The van der Waals surface area contributed by atoms with E-state index >= 15 is 0 Å². The van der Waals surface area contributed by atoms with Crippen LogP contribution in [-0.4, -0.2) is 42.4 Å². The van der Waals surface area contributed by atoms with Crippen LogP contribution in [0.15, 0.2) is 66.7 Å². The predicted octanol–water partition coefficient (Wildman–Crippen LogP) is 6.45. The number of benzene rings is 3. The summed E-state index contributed by atoms with van der Waals surface area (Å²) in [6.07, 6.45) is 2.50. The molecule has 0 N–H and O–H groups in total. The zero-order chi connectivity index (χ0) is 22.9. The summed E-state index contributed by atoms with van der Waals surface area (Å²) < 4.78 is 0. The highest BCUT2D eigenvalue weighted by atomic mass is 35.5. The Morgan fingerprint density at radius 1 is 1.16 bits per heavy atom. The van der Waals surface area contributed by atoms with Crippen LogP contribution >= 0.6 is 11.6 Å². The number of piperidine rings is 1. The molecule has 1 aliphatic heterocycles. The summed E-state index contributed by atoms with van der Waals surface area (Å²) >= 11 is 6.43. The van der Waals surface area contributed by atoms with E-state index in [9.17, 15) is 4.79 Å². The van der Waals surface area contributed by atoms with Crippen molar-refractivity contribution in [2.45, 2.75) is 50.6 Å². The van der Waals surface area contributed by atoms with Crippen LogP contribution in [0.2, 0.25) is 5.02 Å². The van der Waals surface area contributed by atoms with Gasteiger partial charge in [0.25, 0.3) is 0 Å². The molecule has 1 fully saturated rings. The highest BCUT2D eigenvalue weighted by Gasteiger charge is 2.41. The molecular formula is C28H33ClN2O. The Kier molecular flexibility index (Phi) is 6.60. The maximum atomic E-state index is 13.7. The molecule has 0 aliphatic carbocycles. The lowest BCUT2D eigenvalue weighted by Crippen LogP contribution is -2.48. The number of carbonyl (C=O) groups is 1.